The van der Waals surface area contributed by atoms with Crippen molar-refractivity contribution in [1.82, 2.24) is 5.32 Å². The van der Waals surface area contributed by atoms with Gasteiger partial charge in [-0.15, -0.1) is 0 Å². The summed E-state index contributed by atoms with van der Waals surface area (Å²) in [7, 11) is 1.69. The normalized spacial score (nSPS) is 38.4. The molecular weight excluding hydrogens is 346 g/mol. The summed E-state index contributed by atoms with van der Waals surface area (Å²) in [5, 5.41) is 2.92. The van der Waals surface area contributed by atoms with E-state index in [0.29, 0.717) is 5.92 Å². The van der Waals surface area contributed by atoms with Crippen LogP contribution in [0.4, 0.5) is 4.79 Å². The van der Waals surface area contributed by atoms with Crippen molar-refractivity contribution < 1.29 is 23.7 Å². The van der Waals surface area contributed by atoms with Crippen LogP contribution in [-0.4, -0.2) is 55.9 Å². The van der Waals surface area contributed by atoms with E-state index < -0.39 is 0 Å². The fraction of sp³-hybridized carbons (Fsp3) is 0.857. The maximum Gasteiger partial charge on any atom is 0.407 e. The van der Waals surface area contributed by atoms with Crippen molar-refractivity contribution >= 4 is 6.09 Å². The molecule has 6 unspecified atom stereocenters. The van der Waals surface area contributed by atoms with Crippen molar-refractivity contribution in [2.75, 3.05) is 13.7 Å². The van der Waals surface area contributed by atoms with Gasteiger partial charge in [0.2, 0.25) is 0 Å². The molecule has 1 N–H and O–H groups in total. The van der Waals surface area contributed by atoms with Gasteiger partial charge in [-0.2, -0.15) is 0 Å². The second-order valence-corrected chi connectivity index (χ2v) is 8.90. The zero-order chi connectivity index (χ0) is 19.8. The predicted molar refractivity (Wildman–Crippen MR) is 103 cm³/mol. The van der Waals surface area contributed by atoms with Gasteiger partial charge in [-0.3, -0.25) is 0 Å². The number of carbonyl (C=O) groups excluding carboxylic acids is 1. The van der Waals surface area contributed by atoms with Gasteiger partial charge in [0, 0.05) is 19.1 Å². The Kier molecular flexibility index (Phi) is 6.18. The standard InChI is InChI=1S/C21H35NO5/c1-12(2)7-8-15-19(26-15)17-18(24-6)16(9-10-21(17)11-25-21)27-20(23)22-14(5)13(3)4/h7,13-19H,8-11H2,1-6H3,(H,22,23)/t14-,15?,16?,17?,18?,19?,21?/m0/s1. The lowest BCUT2D eigenvalue weighted by Gasteiger charge is -2.40. The molecule has 3 fully saturated rings. The predicted octanol–water partition coefficient (Wildman–Crippen LogP) is 3.44. The Balaban J connectivity index is 1.64. The minimum atomic E-state index is -0.368. The average Bonchev–Trinajstić information content (AvgIpc) is 3.51. The third-order valence-electron chi connectivity index (χ3n) is 6.31. The van der Waals surface area contributed by atoms with Crippen LogP contribution >= 0.6 is 0 Å². The Hall–Kier alpha value is -1.11. The number of hydrogen-bond acceptors (Lipinski definition) is 5. The molecule has 1 aliphatic carbocycles. The molecule has 0 aromatic carbocycles. The number of ether oxygens (including phenoxy) is 4. The highest BCUT2D eigenvalue weighted by Gasteiger charge is 2.66. The van der Waals surface area contributed by atoms with Crippen LogP contribution in [0.25, 0.3) is 0 Å². The van der Waals surface area contributed by atoms with Crippen LogP contribution in [0.15, 0.2) is 11.6 Å². The Bertz CT molecular complexity index is 567. The van der Waals surface area contributed by atoms with Gasteiger partial charge in [-0.25, -0.2) is 4.79 Å². The van der Waals surface area contributed by atoms with Crippen LogP contribution in [0.3, 0.4) is 0 Å². The Labute approximate surface area is 162 Å². The minimum absolute atomic E-state index is 0.0659. The zero-order valence-corrected chi connectivity index (χ0v) is 17.5. The Morgan fingerprint density at radius 1 is 1.33 bits per heavy atom. The number of methoxy groups -OCH3 is 1. The van der Waals surface area contributed by atoms with E-state index in [2.05, 4.69) is 39.1 Å². The Morgan fingerprint density at radius 2 is 2.04 bits per heavy atom. The molecule has 1 amide bonds. The maximum atomic E-state index is 12.3. The van der Waals surface area contributed by atoms with Gasteiger partial charge in [0.1, 0.15) is 12.2 Å². The van der Waals surface area contributed by atoms with Crippen molar-refractivity contribution in [3.63, 3.8) is 0 Å². The fourth-order valence-corrected chi connectivity index (χ4v) is 4.13. The molecule has 2 saturated heterocycles. The number of rotatable bonds is 7. The quantitative estimate of drug-likeness (QED) is 0.540. The van der Waals surface area contributed by atoms with E-state index in [-0.39, 0.29) is 48.1 Å². The maximum absolute atomic E-state index is 12.3. The zero-order valence-electron chi connectivity index (χ0n) is 17.5. The molecule has 1 saturated carbocycles. The summed E-state index contributed by atoms with van der Waals surface area (Å²) in [6, 6.07) is 0.0659. The number of epoxide rings is 2. The van der Waals surface area contributed by atoms with Gasteiger partial charge in [0.15, 0.2) is 0 Å². The van der Waals surface area contributed by atoms with Gasteiger partial charge < -0.3 is 24.3 Å². The summed E-state index contributed by atoms with van der Waals surface area (Å²) in [5.41, 5.74) is 1.14. The fourth-order valence-electron chi connectivity index (χ4n) is 4.13. The molecule has 0 aromatic heterocycles. The smallest absolute Gasteiger partial charge is 0.407 e. The number of hydrogen-bond donors (Lipinski definition) is 1. The van der Waals surface area contributed by atoms with E-state index in [4.69, 9.17) is 18.9 Å². The van der Waals surface area contributed by atoms with E-state index in [1.165, 1.54) is 5.57 Å². The largest absolute Gasteiger partial charge is 0.443 e. The number of alkyl carbamates (subject to hydrolysis) is 1. The molecular formula is C21H35NO5. The summed E-state index contributed by atoms with van der Waals surface area (Å²) < 4.78 is 23.5. The Morgan fingerprint density at radius 3 is 2.59 bits per heavy atom. The van der Waals surface area contributed by atoms with Crippen molar-refractivity contribution in [2.45, 2.75) is 89.9 Å². The number of nitrogens with one attached hydrogen (secondary N) is 1. The molecule has 6 nitrogen and oxygen atoms in total. The third kappa shape index (κ3) is 4.66. The molecule has 7 atom stereocenters. The number of allylic oxidation sites excluding steroid dienone is 1. The van der Waals surface area contributed by atoms with Crippen LogP contribution in [-0.2, 0) is 18.9 Å². The monoisotopic (exact) mass is 381 g/mol. The molecule has 1 spiro atoms. The molecule has 2 heterocycles. The van der Waals surface area contributed by atoms with Crippen molar-refractivity contribution in [3.05, 3.63) is 11.6 Å². The highest BCUT2D eigenvalue weighted by Crippen LogP contribution is 2.54. The molecule has 154 valence electrons. The van der Waals surface area contributed by atoms with E-state index >= 15 is 0 Å². The summed E-state index contributed by atoms with van der Waals surface area (Å²) in [6.07, 6.45) is 4.22. The first-order valence-electron chi connectivity index (χ1n) is 10.2. The lowest BCUT2D eigenvalue weighted by molar-refractivity contribution is -0.106. The molecule has 3 rings (SSSR count). The van der Waals surface area contributed by atoms with Crippen LogP contribution < -0.4 is 5.32 Å². The molecule has 6 heteroatoms. The summed E-state index contributed by atoms with van der Waals surface area (Å²) in [6.45, 7) is 11.1. The van der Waals surface area contributed by atoms with E-state index in [0.717, 1.165) is 25.9 Å². The number of amides is 1. The minimum Gasteiger partial charge on any atom is -0.443 e. The SMILES string of the molecule is COC1C(OC(=O)N[C@@H](C)C(C)C)CCC2(CO2)C1C1OC1CC=C(C)C. The molecule has 0 radical (unpaired) electrons. The van der Waals surface area contributed by atoms with Crippen molar-refractivity contribution in [1.29, 1.82) is 0 Å². The van der Waals surface area contributed by atoms with Crippen LogP contribution in [0.1, 0.15) is 53.9 Å². The summed E-state index contributed by atoms with van der Waals surface area (Å²) >= 11 is 0. The van der Waals surface area contributed by atoms with Gasteiger partial charge in [-0.05, 0) is 46.0 Å². The molecule has 0 aromatic rings. The highest BCUT2D eigenvalue weighted by atomic mass is 16.6. The second-order valence-electron chi connectivity index (χ2n) is 8.90. The summed E-state index contributed by atoms with van der Waals surface area (Å²) in [5.74, 6) is 0.459. The van der Waals surface area contributed by atoms with Gasteiger partial charge in [-0.1, -0.05) is 25.5 Å². The number of carbonyl (C=O) groups is 1. The van der Waals surface area contributed by atoms with Crippen LogP contribution in [0.2, 0.25) is 0 Å². The van der Waals surface area contributed by atoms with Gasteiger partial charge >= 0.3 is 6.09 Å². The van der Waals surface area contributed by atoms with Crippen molar-refractivity contribution in [2.24, 2.45) is 11.8 Å². The van der Waals surface area contributed by atoms with E-state index in [1.807, 2.05) is 6.92 Å². The first-order chi connectivity index (χ1) is 12.8. The first-order valence-corrected chi connectivity index (χ1v) is 10.2. The van der Waals surface area contributed by atoms with Crippen LogP contribution in [0.5, 0.6) is 0 Å². The molecule has 2 aliphatic heterocycles. The van der Waals surface area contributed by atoms with E-state index in [9.17, 15) is 4.79 Å². The van der Waals surface area contributed by atoms with Crippen molar-refractivity contribution in [3.8, 4) is 0 Å². The molecule has 3 aliphatic rings. The highest BCUT2D eigenvalue weighted by molar-refractivity contribution is 5.67. The average molecular weight is 382 g/mol. The van der Waals surface area contributed by atoms with Crippen LogP contribution in [0, 0.1) is 11.8 Å². The first kappa shape index (κ1) is 20.6. The van der Waals surface area contributed by atoms with Gasteiger partial charge in [0.25, 0.3) is 0 Å². The lowest BCUT2D eigenvalue weighted by Crippen LogP contribution is -2.53. The third-order valence-corrected chi connectivity index (χ3v) is 6.31. The lowest BCUT2D eigenvalue weighted by atomic mass is 9.73. The van der Waals surface area contributed by atoms with Gasteiger partial charge in [0.05, 0.1) is 24.4 Å². The summed E-state index contributed by atoms with van der Waals surface area (Å²) in [4.78, 5) is 12.3. The molecule has 27 heavy (non-hydrogen) atoms. The second kappa shape index (κ2) is 8.10. The van der Waals surface area contributed by atoms with E-state index in [1.54, 1.807) is 7.11 Å². The topological polar surface area (TPSA) is 72.6 Å². The molecule has 0 bridgehead atoms.